The lowest BCUT2D eigenvalue weighted by molar-refractivity contribution is -0.114. The minimum Gasteiger partial charge on any atom is -0.326 e. The second-order valence-electron chi connectivity index (χ2n) is 6.33. The van der Waals surface area contributed by atoms with Crippen molar-refractivity contribution in [3.05, 3.63) is 84.2 Å². The summed E-state index contributed by atoms with van der Waals surface area (Å²) in [4.78, 5) is 23.5. The number of amides is 2. The van der Waals surface area contributed by atoms with Crippen LogP contribution < -0.4 is 15.4 Å². The summed E-state index contributed by atoms with van der Waals surface area (Å²) in [7, 11) is -4.10. The Morgan fingerprint density at radius 1 is 0.833 bits per heavy atom. The molecule has 0 saturated carbocycles. The van der Waals surface area contributed by atoms with E-state index in [1.807, 2.05) is 0 Å². The molecule has 3 N–H and O–H groups in total. The van der Waals surface area contributed by atoms with Crippen molar-refractivity contribution in [3.8, 4) is 0 Å². The van der Waals surface area contributed by atoms with Crippen molar-refractivity contribution in [1.82, 2.24) is 0 Å². The van der Waals surface area contributed by atoms with Gasteiger partial charge in [-0.1, -0.05) is 24.3 Å². The first-order valence-electron chi connectivity index (χ1n) is 8.81. The Morgan fingerprint density at radius 3 is 2.20 bits per heavy atom. The number of sulfonamides is 1. The first-order valence-corrected chi connectivity index (χ1v) is 10.3. The van der Waals surface area contributed by atoms with E-state index in [1.165, 1.54) is 49.4 Å². The molecule has 30 heavy (non-hydrogen) atoms. The van der Waals surface area contributed by atoms with Crippen LogP contribution >= 0.6 is 0 Å². The maximum absolute atomic E-state index is 13.8. The van der Waals surface area contributed by atoms with Crippen LogP contribution in [-0.4, -0.2) is 20.2 Å². The molecule has 7 nitrogen and oxygen atoms in total. The Labute approximate surface area is 173 Å². The van der Waals surface area contributed by atoms with Crippen molar-refractivity contribution in [3.63, 3.8) is 0 Å². The molecule has 0 spiro atoms. The van der Waals surface area contributed by atoms with Crippen molar-refractivity contribution in [2.75, 3.05) is 15.4 Å². The summed E-state index contributed by atoms with van der Waals surface area (Å²) < 4.78 is 41.1. The van der Waals surface area contributed by atoms with Gasteiger partial charge in [0.2, 0.25) is 5.91 Å². The molecular weight excluding hydrogens is 409 g/mol. The van der Waals surface area contributed by atoms with E-state index in [1.54, 1.807) is 24.3 Å². The molecule has 0 unspecified atom stereocenters. The highest BCUT2D eigenvalue weighted by Crippen LogP contribution is 2.21. The molecule has 0 saturated heterocycles. The minimum absolute atomic E-state index is 0.0938. The van der Waals surface area contributed by atoms with Gasteiger partial charge in [0, 0.05) is 23.9 Å². The molecule has 0 aliphatic rings. The Hall–Kier alpha value is -3.72. The predicted molar refractivity (Wildman–Crippen MR) is 112 cm³/mol. The van der Waals surface area contributed by atoms with Gasteiger partial charge in [0.25, 0.3) is 15.9 Å². The van der Waals surface area contributed by atoms with Crippen LogP contribution in [0.2, 0.25) is 0 Å². The lowest BCUT2D eigenvalue weighted by atomic mass is 10.2. The molecule has 3 rings (SSSR count). The van der Waals surface area contributed by atoms with E-state index in [2.05, 4.69) is 15.4 Å². The molecule has 3 aromatic carbocycles. The smallest absolute Gasteiger partial charge is 0.262 e. The van der Waals surface area contributed by atoms with Crippen LogP contribution in [0.1, 0.15) is 17.3 Å². The quantitative estimate of drug-likeness (QED) is 0.556. The maximum Gasteiger partial charge on any atom is 0.262 e. The summed E-state index contributed by atoms with van der Waals surface area (Å²) in [5.74, 6) is -1.51. The molecule has 154 valence electrons. The molecule has 0 bridgehead atoms. The first kappa shape index (κ1) is 21.0. The second-order valence-corrected chi connectivity index (χ2v) is 8.01. The van der Waals surface area contributed by atoms with Crippen LogP contribution in [0.5, 0.6) is 0 Å². The number of carbonyl (C=O) groups is 2. The van der Waals surface area contributed by atoms with Gasteiger partial charge in [0.05, 0.1) is 10.6 Å². The van der Waals surface area contributed by atoms with E-state index in [0.717, 1.165) is 6.07 Å². The van der Waals surface area contributed by atoms with Crippen molar-refractivity contribution < 1.29 is 22.4 Å². The van der Waals surface area contributed by atoms with Gasteiger partial charge in [0.15, 0.2) is 0 Å². The largest absolute Gasteiger partial charge is 0.326 e. The minimum atomic E-state index is -4.10. The van der Waals surface area contributed by atoms with Crippen LogP contribution in [0.4, 0.5) is 21.5 Å². The number of hydrogen-bond acceptors (Lipinski definition) is 4. The molecule has 3 aromatic rings. The third-order valence-electron chi connectivity index (χ3n) is 3.97. The van der Waals surface area contributed by atoms with Crippen molar-refractivity contribution in [2.45, 2.75) is 11.8 Å². The zero-order valence-corrected chi connectivity index (χ0v) is 16.7. The SMILES string of the molecule is CC(=O)Nc1cccc(NC(=O)c2cccc(S(=O)(=O)Nc3ccccc3F)c2)c1. The molecule has 9 heteroatoms. The van der Waals surface area contributed by atoms with E-state index in [9.17, 15) is 22.4 Å². The predicted octanol–water partition coefficient (Wildman–Crippen LogP) is 3.84. The molecule has 0 heterocycles. The third kappa shape index (κ3) is 5.21. The Bertz CT molecular complexity index is 1210. The van der Waals surface area contributed by atoms with Gasteiger partial charge in [-0.15, -0.1) is 0 Å². The zero-order chi connectivity index (χ0) is 21.7. The first-order chi connectivity index (χ1) is 14.2. The van der Waals surface area contributed by atoms with Crippen molar-refractivity contribution in [1.29, 1.82) is 0 Å². The van der Waals surface area contributed by atoms with Gasteiger partial charge in [-0.25, -0.2) is 12.8 Å². The fourth-order valence-electron chi connectivity index (χ4n) is 2.63. The molecule has 0 fully saturated rings. The lowest BCUT2D eigenvalue weighted by Crippen LogP contribution is -2.16. The number of anilines is 3. The molecule has 0 aromatic heterocycles. The number of benzene rings is 3. The third-order valence-corrected chi connectivity index (χ3v) is 5.33. The van der Waals surface area contributed by atoms with Crippen LogP contribution in [0.3, 0.4) is 0 Å². The molecule has 0 aliphatic heterocycles. The van der Waals surface area contributed by atoms with E-state index < -0.39 is 21.7 Å². The average molecular weight is 427 g/mol. The number of hydrogen-bond donors (Lipinski definition) is 3. The number of halogens is 1. The van der Waals surface area contributed by atoms with Crippen LogP contribution in [0.25, 0.3) is 0 Å². The molecule has 0 aliphatic carbocycles. The summed E-state index contributed by atoms with van der Waals surface area (Å²) >= 11 is 0. The fraction of sp³-hybridized carbons (Fsp3) is 0.0476. The van der Waals surface area contributed by atoms with Gasteiger partial charge in [-0.05, 0) is 48.5 Å². The van der Waals surface area contributed by atoms with Gasteiger partial charge in [-0.3, -0.25) is 14.3 Å². The average Bonchev–Trinajstić information content (AvgIpc) is 2.69. The summed E-state index contributed by atoms with van der Waals surface area (Å²) in [6.45, 7) is 1.37. The van der Waals surface area contributed by atoms with E-state index in [-0.39, 0.29) is 22.1 Å². The number of para-hydroxylation sites is 1. The van der Waals surface area contributed by atoms with Crippen LogP contribution in [0.15, 0.2) is 77.7 Å². The standard InChI is InChI=1S/C21H18FN3O4S/c1-14(26)23-16-7-5-8-17(13-16)24-21(27)15-6-4-9-18(12-15)30(28,29)25-20-11-3-2-10-19(20)22/h2-13,25H,1H3,(H,23,26)(H,24,27). The summed E-state index contributed by atoms with van der Waals surface area (Å²) in [6.07, 6.45) is 0. The number of rotatable bonds is 6. The van der Waals surface area contributed by atoms with Gasteiger partial charge >= 0.3 is 0 Å². The van der Waals surface area contributed by atoms with Gasteiger partial charge in [-0.2, -0.15) is 0 Å². The normalized spacial score (nSPS) is 10.9. The summed E-state index contributed by atoms with van der Waals surface area (Å²) in [5, 5.41) is 5.25. The van der Waals surface area contributed by atoms with Crippen LogP contribution in [0, 0.1) is 5.82 Å². The monoisotopic (exact) mass is 427 g/mol. The molecular formula is C21H18FN3O4S. The topological polar surface area (TPSA) is 104 Å². The molecule has 2 amide bonds. The lowest BCUT2D eigenvalue weighted by Gasteiger charge is -2.11. The summed E-state index contributed by atoms with van der Waals surface area (Å²) in [5.41, 5.74) is 0.827. The number of carbonyl (C=O) groups excluding carboxylic acids is 2. The zero-order valence-electron chi connectivity index (χ0n) is 15.8. The number of nitrogens with one attached hydrogen (secondary N) is 3. The molecule has 0 atom stereocenters. The Morgan fingerprint density at radius 2 is 1.50 bits per heavy atom. The van der Waals surface area contributed by atoms with E-state index in [0.29, 0.717) is 11.4 Å². The molecule has 0 radical (unpaired) electrons. The second kappa shape index (κ2) is 8.75. The fourth-order valence-corrected chi connectivity index (χ4v) is 3.75. The summed E-state index contributed by atoms with van der Waals surface area (Å²) in [6, 6.07) is 17.3. The highest BCUT2D eigenvalue weighted by Gasteiger charge is 2.18. The highest BCUT2D eigenvalue weighted by molar-refractivity contribution is 7.92. The maximum atomic E-state index is 13.8. The van der Waals surface area contributed by atoms with E-state index >= 15 is 0 Å². The van der Waals surface area contributed by atoms with E-state index in [4.69, 9.17) is 0 Å². The Balaban J connectivity index is 1.80. The Kier molecular flexibility index (Phi) is 6.12. The van der Waals surface area contributed by atoms with Crippen LogP contribution in [-0.2, 0) is 14.8 Å². The van der Waals surface area contributed by atoms with Gasteiger partial charge < -0.3 is 10.6 Å². The highest BCUT2D eigenvalue weighted by atomic mass is 32.2. The van der Waals surface area contributed by atoms with Gasteiger partial charge in [0.1, 0.15) is 5.82 Å². The van der Waals surface area contributed by atoms with Crippen molar-refractivity contribution >= 4 is 38.9 Å². The van der Waals surface area contributed by atoms with Crippen molar-refractivity contribution in [2.24, 2.45) is 0 Å².